The molecule has 260 valence electrons. The average molecular weight is 680 g/mol. The molecule has 1 saturated heterocycles. The van der Waals surface area contributed by atoms with E-state index in [1.807, 2.05) is 129 Å². The lowest BCUT2D eigenvalue weighted by atomic mass is 9.87. The van der Waals surface area contributed by atoms with Gasteiger partial charge in [0.1, 0.15) is 12.4 Å². The van der Waals surface area contributed by atoms with Crippen molar-refractivity contribution in [1.29, 1.82) is 0 Å². The molecular formula is C44H45N3O4. The Balaban J connectivity index is 1.31. The van der Waals surface area contributed by atoms with E-state index < -0.39 is 11.5 Å². The fourth-order valence-corrected chi connectivity index (χ4v) is 6.83. The highest BCUT2D eigenvalue weighted by Crippen LogP contribution is 2.31. The van der Waals surface area contributed by atoms with E-state index in [1.165, 1.54) is 5.56 Å². The Morgan fingerprint density at radius 2 is 1.43 bits per heavy atom. The van der Waals surface area contributed by atoms with Crippen LogP contribution in [0.3, 0.4) is 0 Å². The summed E-state index contributed by atoms with van der Waals surface area (Å²) in [6, 6.07) is 41.0. The van der Waals surface area contributed by atoms with Crippen LogP contribution in [0.15, 0.2) is 132 Å². The molecule has 7 heteroatoms. The quantitative estimate of drug-likeness (QED) is 0.122. The van der Waals surface area contributed by atoms with E-state index in [1.54, 1.807) is 6.92 Å². The lowest BCUT2D eigenvalue weighted by Crippen LogP contribution is -2.39. The number of aryl methyl sites for hydroxylation is 2. The molecule has 0 bridgehead atoms. The second kappa shape index (κ2) is 16.0. The van der Waals surface area contributed by atoms with Crippen LogP contribution in [0.1, 0.15) is 58.7 Å². The third-order valence-electron chi connectivity index (χ3n) is 9.64. The molecule has 2 atom stereocenters. The first-order chi connectivity index (χ1) is 24.7. The molecule has 0 radical (unpaired) electrons. The number of aliphatic carboxylic acids is 1. The number of carboxylic acids is 1. The summed E-state index contributed by atoms with van der Waals surface area (Å²) in [6.07, 6.45) is 1.88. The second-order valence-electron chi connectivity index (χ2n) is 13.5. The zero-order valence-electron chi connectivity index (χ0n) is 29.5. The molecule has 1 aliphatic rings. The molecule has 1 amide bonds. The number of anilines is 1. The van der Waals surface area contributed by atoms with Crippen molar-refractivity contribution in [2.75, 3.05) is 11.9 Å². The van der Waals surface area contributed by atoms with Crippen molar-refractivity contribution in [3.8, 4) is 5.75 Å². The maximum absolute atomic E-state index is 13.9. The Labute approximate surface area is 300 Å². The molecule has 51 heavy (non-hydrogen) atoms. The van der Waals surface area contributed by atoms with Crippen molar-refractivity contribution in [3.05, 3.63) is 166 Å². The van der Waals surface area contributed by atoms with Gasteiger partial charge in [-0.25, -0.2) is 4.79 Å². The normalized spacial score (nSPS) is 16.0. The van der Waals surface area contributed by atoms with Gasteiger partial charge in [0, 0.05) is 24.1 Å². The fraction of sp³-hybridized carbons (Fsp3) is 0.250. The van der Waals surface area contributed by atoms with E-state index >= 15 is 0 Å². The van der Waals surface area contributed by atoms with Crippen molar-refractivity contribution < 1.29 is 19.4 Å². The van der Waals surface area contributed by atoms with Crippen LogP contribution < -0.4 is 10.1 Å². The molecule has 6 rings (SSSR count). The first-order valence-electron chi connectivity index (χ1n) is 17.5. The van der Waals surface area contributed by atoms with Gasteiger partial charge in [-0.2, -0.15) is 0 Å². The van der Waals surface area contributed by atoms with Crippen LogP contribution in [0.4, 0.5) is 5.69 Å². The predicted molar refractivity (Wildman–Crippen MR) is 203 cm³/mol. The monoisotopic (exact) mass is 679 g/mol. The molecule has 7 nitrogen and oxygen atoms in total. The highest BCUT2D eigenvalue weighted by molar-refractivity contribution is 6.18. The van der Waals surface area contributed by atoms with Crippen LogP contribution >= 0.6 is 0 Å². The number of nitrogens with one attached hydrogen (secondary N) is 1. The van der Waals surface area contributed by atoms with Crippen molar-refractivity contribution in [3.63, 3.8) is 0 Å². The maximum atomic E-state index is 13.9. The predicted octanol–water partition coefficient (Wildman–Crippen LogP) is 8.41. The molecule has 0 saturated carbocycles. The molecule has 5 aromatic rings. The zero-order chi connectivity index (χ0) is 35.8. The number of carbonyl (C=O) groups is 2. The van der Waals surface area contributed by atoms with Crippen molar-refractivity contribution in [2.45, 2.75) is 64.8 Å². The van der Waals surface area contributed by atoms with Crippen LogP contribution in [0.25, 0.3) is 0 Å². The Kier molecular flexibility index (Phi) is 11.1. The van der Waals surface area contributed by atoms with Gasteiger partial charge in [-0.1, -0.05) is 109 Å². The Hall–Kier alpha value is -5.53. The van der Waals surface area contributed by atoms with Crippen LogP contribution in [-0.2, 0) is 29.2 Å². The lowest BCUT2D eigenvalue weighted by molar-refractivity contribution is -0.142. The van der Waals surface area contributed by atoms with Gasteiger partial charge in [-0.05, 0) is 86.2 Å². The van der Waals surface area contributed by atoms with E-state index in [0.717, 1.165) is 53.0 Å². The third-order valence-corrected chi connectivity index (χ3v) is 9.64. The maximum Gasteiger partial charge on any atom is 0.331 e. The molecule has 0 unspecified atom stereocenters. The number of carbonyl (C=O) groups excluding carboxylic acids is 1. The van der Waals surface area contributed by atoms with Gasteiger partial charge < -0.3 is 15.2 Å². The number of rotatable bonds is 13. The molecule has 1 fully saturated rings. The molecule has 5 aromatic carbocycles. The Bertz CT molecular complexity index is 1970. The van der Waals surface area contributed by atoms with Gasteiger partial charge >= 0.3 is 5.97 Å². The van der Waals surface area contributed by atoms with E-state index in [4.69, 9.17) is 9.73 Å². The summed E-state index contributed by atoms with van der Waals surface area (Å²) in [5, 5.41) is 14.0. The van der Waals surface area contributed by atoms with Crippen molar-refractivity contribution >= 4 is 23.3 Å². The second-order valence-corrected chi connectivity index (χ2v) is 13.5. The number of hydrogen-bond donors (Lipinski definition) is 2. The van der Waals surface area contributed by atoms with E-state index in [2.05, 4.69) is 22.3 Å². The first-order valence-corrected chi connectivity index (χ1v) is 17.5. The minimum Gasteiger partial charge on any atom is -0.489 e. The van der Waals surface area contributed by atoms with Gasteiger partial charge in [0.15, 0.2) is 5.54 Å². The summed E-state index contributed by atoms with van der Waals surface area (Å²) in [4.78, 5) is 34.4. The fourth-order valence-electron chi connectivity index (χ4n) is 6.83. The van der Waals surface area contributed by atoms with Crippen LogP contribution in [0, 0.1) is 13.8 Å². The number of para-hydroxylation sites is 1. The van der Waals surface area contributed by atoms with E-state index in [-0.39, 0.29) is 18.4 Å². The minimum absolute atomic E-state index is 0.0786. The summed E-state index contributed by atoms with van der Waals surface area (Å²) in [6.45, 7) is 7.62. The zero-order valence-corrected chi connectivity index (χ0v) is 29.5. The smallest absolute Gasteiger partial charge is 0.331 e. The van der Waals surface area contributed by atoms with Gasteiger partial charge in [-0.15, -0.1) is 0 Å². The van der Waals surface area contributed by atoms with Gasteiger partial charge in [0.05, 0.1) is 17.4 Å². The van der Waals surface area contributed by atoms with Crippen molar-refractivity contribution in [1.82, 2.24) is 4.90 Å². The first kappa shape index (κ1) is 35.3. The molecular weight excluding hydrogens is 635 g/mol. The molecule has 2 N–H and O–H groups in total. The third kappa shape index (κ3) is 8.62. The highest BCUT2D eigenvalue weighted by Gasteiger charge is 2.36. The SMILES string of the molecule is Cc1cc(OCc2ccccc2)cc(C)c1C[C@@](C)(N=C(c1ccccc1)c1ccccc1NC(=O)[C@@H]1CCCN1Cc1ccccc1)C(=O)O. The number of carboxylic acid groups (broad SMARTS) is 1. The average Bonchev–Trinajstić information content (AvgIpc) is 3.61. The van der Waals surface area contributed by atoms with Crippen LogP contribution in [0.5, 0.6) is 5.75 Å². The number of amides is 1. The number of hydrogen-bond acceptors (Lipinski definition) is 5. The van der Waals surface area contributed by atoms with Crippen LogP contribution in [-0.4, -0.2) is 45.7 Å². The molecule has 0 aliphatic carbocycles. The topological polar surface area (TPSA) is 91.2 Å². The van der Waals surface area contributed by atoms with E-state index in [0.29, 0.717) is 30.1 Å². The number of nitrogens with zero attached hydrogens (tertiary/aromatic N) is 2. The Morgan fingerprint density at radius 3 is 2.08 bits per heavy atom. The number of benzene rings is 5. The standard InChI is InChI=1S/C44H45N3O4/c1-31-26-36(51-30-34-18-9-5-10-19-34)27-32(2)38(31)28-44(3,43(49)50)46-41(35-20-11-6-12-21-35)37-22-13-14-23-39(37)45-42(48)40-24-15-25-47(40)29-33-16-7-4-8-17-33/h4-14,16-23,26-27,40H,15,24-25,28-30H2,1-3H3,(H,45,48)(H,49,50)/t40-,44+/m0/s1. The van der Waals surface area contributed by atoms with Crippen LogP contribution in [0.2, 0.25) is 0 Å². The van der Waals surface area contributed by atoms with Gasteiger partial charge in [0.2, 0.25) is 5.91 Å². The molecule has 0 spiro atoms. The minimum atomic E-state index is -1.53. The molecule has 1 heterocycles. The molecule has 1 aliphatic heterocycles. The molecule has 0 aromatic heterocycles. The van der Waals surface area contributed by atoms with Gasteiger partial charge in [-0.3, -0.25) is 14.7 Å². The Morgan fingerprint density at radius 1 is 0.843 bits per heavy atom. The van der Waals surface area contributed by atoms with E-state index in [9.17, 15) is 14.7 Å². The van der Waals surface area contributed by atoms with Crippen molar-refractivity contribution in [2.24, 2.45) is 4.99 Å². The lowest BCUT2D eigenvalue weighted by Gasteiger charge is -2.26. The largest absolute Gasteiger partial charge is 0.489 e. The summed E-state index contributed by atoms with van der Waals surface area (Å²) < 4.78 is 6.10. The highest BCUT2D eigenvalue weighted by atomic mass is 16.5. The summed E-state index contributed by atoms with van der Waals surface area (Å²) in [5.74, 6) is -0.384. The number of aliphatic imine (C=N–C) groups is 1. The summed E-state index contributed by atoms with van der Waals surface area (Å²) in [7, 11) is 0. The number of ether oxygens (including phenoxy) is 1. The summed E-state index contributed by atoms with van der Waals surface area (Å²) in [5.41, 5.74) is 6.01. The van der Waals surface area contributed by atoms with Gasteiger partial charge in [0.25, 0.3) is 0 Å². The summed E-state index contributed by atoms with van der Waals surface area (Å²) >= 11 is 0. The number of likely N-dealkylation sites (tertiary alicyclic amines) is 1.